The molecule has 1 saturated heterocycles. The highest BCUT2D eigenvalue weighted by Crippen LogP contribution is 2.32. The van der Waals surface area contributed by atoms with E-state index in [4.69, 9.17) is 9.84 Å². The second kappa shape index (κ2) is 5.28. The van der Waals surface area contributed by atoms with Gasteiger partial charge in [0.2, 0.25) is 0 Å². The molecule has 2 rings (SSSR count). The summed E-state index contributed by atoms with van der Waals surface area (Å²) in [6.45, 7) is 0.168. The standard InChI is InChI=1S/C12H11F4NO3/c13-8-5-7(12(14,15)16)1-2-9(8)17-3-4-20-10(6-17)11(18)19/h1-2,5,10H,3-4,6H2,(H,18,19). The Labute approximate surface area is 111 Å². The Kier molecular flexibility index (Phi) is 3.85. The van der Waals surface area contributed by atoms with Crippen molar-refractivity contribution in [3.63, 3.8) is 0 Å². The maximum Gasteiger partial charge on any atom is 0.416 e. The van der Waals surface area contributed by atoms with E-state index in [2.05, 4.69) is 0 Å². The molecule has 0 spiro atoms. The maximum absolute atomic E-state index is 13.8. The summed E-state index contributed by atoms with van der Waals surface area (Å²) in [7, 11) is 0. The molecule has 0 aromatic heterocycles. The summed E-state index contributed by atoms with van der Waals surface area (Å²) in [6.07, 6.45) is -5.74. The summed E-state index contributed by atoms with van der Waals surface area (Å²) in [5, 5.41) is 8.83. The van der Waals surface area contributed by atoms with Gasteiger partial charge in [0, 0.05) is 6.54 Å². The fraction of sp³-hybridized carbons (Fsp3) is 0.417. The molecule has 0 amide bonds. The summed E-state index contributed by atoms with van der Waals surface area (Å²) in [5.41, 5.74) is -1.14. The van der Waals surface area contributed by atoms with E-state index in [0.29, 0.717) is 6.07 Å². The van der Waals surface area contributed by atoms with Crippen LogP contribution < -0.4 is 4.90 Å². The first-order valence-electron chi connectivity index (χ1n) is 5.75. The number of benzene rings is 1. The fourth-order valence-corrected chi connectivity index (χ4v) is 1.96. The molecule has 1 N–H and O–H groups in total. The minimum absolute atomic E-state index is 0.0625. The van der Waals surface area contributed by atoms with Gasteiger partial charge in [0.1, 0.15) is 5.82 Å². The van der Waals surface area contributed by atoms with Gasteiger partial charge < -0.3 is 14.7 Å². The van der Waals surface area contributed by atoms with E-state index in [1.807, 2.05) is 0 Å². The smallest absolute Gasteiger partial charge is 0.416 e. The Hall–Kier alpha value is -1.83. The molecule has 1 aromatic rings. The summed E-state index contributed by atoms with van der Waals surface area (Å²) in [6, 6.07) is 2.17. The van der Waals surface area contributed by atoms with Gasteiger partial charge in [-0.2, -0.15) is 13.2 Å². The van der Waals surface area contributed by atoms with Gasteiger partial charge in [0.25, 0.3) is 0 Å². The average Bonchev–Trinajstić information content (AvgIpc) is 2.37. The average molecular weight is 293 g/mol. The lowest BCUT2D eigenvalue weighted by molar-refractivity contribution is -0.150. The first-order chi connectivity index (χ1) is 9.29. The Morgan fingerprint density at radius 3 is 2.65 bits per heavy atom. The van der Waals surface area contributed by atoms with E-state index in [0.717, 1.165) is 12.1 Å². The van der Waals surface area contributed by atoms with Crippen molar-refractivity contribution in [2.45, 2.75) is 12.3 Å². The molecule has 1 aliphatic rings. The molecule has 1 unspecified atom stereocenters. The zero-order valence-electron chi connectivity index (χ0n) is 10.2. The molecule has 110 valence electrons. The second-order valence-corrected chi connectivity index (χ2v) is 4.31. The lowest BCUT2D eigenvalue weighted by atomic mass is 10.1. The number of halogens is 4. The Morgan fingerprint density at radius 2 is 2.10 bits per heavy atom. The van der Waals surface area contributed by atoms with Gasteiger partial charge >= 0.3 is 12.1 Å². The Balaban J connectivity index is 2.23. The highest BCUT2D eigenvalue weighted by Gasteiger charge is 2.32. The van der Waals surface area contributed by atoms with Crippen molar-refractivity contribution in [3.8, 4) is 0 Å². The summed E-state index contributed by atoms with van der Waals surface area (Å²) < 4.78 is 56.0. The largest absolute Gasteiger partial charge is 0.479 e. The number of nitrogens with zero attached hydrogens (tertiary/aromatic N) is 1. The van der Waals surface area contributed by atoms with Crippen LogP contribution in [0.4, 0.5) is 23.2 Å². The molecule has 1 aliphatic heterocycles. The zero-order valence-corrected chi connectivity index (χ0v) is 10.2. The maximum atomic E-state index is 13.8. The minimum atomic E-state index is -4.62. The predicted molar refractivity (Wildman–Crippen MR) is 61.0 cm³/mol. The van der Waals surface area contributed by atoms with Gasteiger partial charge in [-0.1, -0.05) is 0 Å². The van der Waals surface area contributed by atoms with Gasteiger partial charge in [-0.05, 0) is 18.2 Å². The SMILES string of the molecule is O=C(O)C1CN(c2ccc(C(F)(F)F)cc2F)CCO1. The van der Waals surface area contributed by atoms with Gasteiger partial charge in [0.05, 0.1) is 24.4 Å². The summed E-state index contributed by atoms with van der Waals surface area (Å²) in [5.74, 6) is -2.23. The highest BCUT2D eigenvalue weighted by molar-refractivity contribution is 5.73. The van der Waals surface area contributed by atoms with Gasteiger partial charge in [-0.25, -0.2) is 9.18 Å². The molecule has 1 heterocycles. The quantitative estimate of drug-likeness (QED) is 0.849. The van der Waals surface area contributed by atoms with E-state index in [-0.39, 0.29) is 25.4 Å². The van der Waals surface area contributed by atoms with Crippen molar-refractivity contribution < 1.29 is 32.2 Å². The number of carboxylic acid groups (broad SMARTS) is 1. The lowest BCUT2D eigenvalue weighted by Crippen LogP contribution is -2.46. The van der Waals surface area contributed by atoms with Crippen LogP contribution in [0.15, 0.2) is 18.2 Å². The summed E-state index contributed by atoms with van der Waals surface area (Å²) in [4.78, 5) is 12.2. The molecular weight excluding hydrogens is 282 g/mol. The molecule has 0 bridgehead atoms. The van der Waals surface area contributed by atoms with Crippen molar-refractivity contribution in [3.05, 3.63) is 29.6 Å². The lowest BCUT2D eigenvalue weighted by Gasteiger charge is -2.32. The van der Waals surface area contributed by atoms with Crippen LogP contribution in [0.25, 0.3) is 0 Å². The van der Waals surface area contributed by atoms with Crippen LogP contribution >= 0.6 is 0 Å². The number of aliphatic carboxylic acids is 1. The number of carbonyl (C=O) groups is 1. The molecule has 1 atom stereocenters. The van der Waals surface area contributed by atoms with Crippen LogP contribution in [0.3, 0.4) is 0 Å². The van der Waals surface area contributed by atoms with E-state index in [9.17, 15) is 22.4 Å². The minimum Gasteiger partial charge on any atom is -0.479 e. The number of alkyl halides is 3. The number of ether oxygens (including phenoxy) is 1. The molecule has 0 aliphatic carbocycles. The van der Waals surface area contributed by atoms with Crippen molar-refractivity contribution in [2.75, 3.05) is 24.6 Å². The highest BCUT2D eigenvalue weighted by atomic mass is 19.4. The molecular formula is C12H11F4NO3. The third kappa shape index (κ3) is 3.01. The van der Waals surface area contributed by atoms with Crippen molar-refractivity contribution in [1.82, 2.24) is 0 Å². The van der Waals surface area contributed by atoms with Crippen molar-refractivity contribution in [1.29, 1.82) is 0 Å². The normalized spacial score (nSPS) is 20.0. The number of morpholine rings is 1. The first-order valence-corrected chi connectivity index (χ1v) is 5.75. The fourth-order valence-electron chi connectivity index (χ4n) is 1.96. The molecule has 1 aromatic carbocycles. The molecule has 20 heavy (non-hydrogen) atoms. The topological polar surface area (TPSA) is 49.8 Å². The molecule has 1 fully saturated rings. The number of hydrogen-bond acceptors (Lipinski definition) is 3. The second-order valence-electron chi connectivity index (χ2n) is 4.31. The van der Waals surface area contributed by atoms with Crippen molar-refractivity contribution >= 4 is 11.7 Å². The number of rotatable bonds is 2. The molecule has 0 radical (unpaired) electrons. The van der Waals surface area contributed by atoms with Crippen LogP contribution in [-0.4, -0.2) is 36.9 Å². The van der Waals surface area contributed by atoms with E-state index in [1.165, 1.54) is 4.90 Å². The van der Waals surface area contributed by atoms with Crippen LogP contribution in [0.2, 0.25) is 0 Å². The molecule has 0 saturated carbocycles. The Morgan fingerprint density at radius 1 is 1.40 bits per heavy atom. The van der Waals surface area contributed by atoms with E-state index in [1.54, 1.807) is 0 Å². The van der Waals surface area contributed by atoms with Crippen LogP contribution in [0.1, 0.15) is 5.56 Å². The number of carboxylic acids is 1. The summed E-state index contributed by atoms with van der Waals surface area (Å²) >= 11 is 0. The van der Waals surface area contributed by atoms with Crippen LogP contribution in [-0.2, 0) is 15.7 Å². The predicted octanol–water partition coefficient (Wildman–Crippen LogP) is 2.13. The van der Waals surface area contributed by atoms with E-state index >= 15 is 0 Å². The number of hydrogen-bond donors (Lipinski definition) is 1. The van der Waals surface area contributed by atoms with E-state index < -0.39 is 29.6 Å². The van der Waals surface area contributed by atoms with Gasteiger partial charge in [-0.15, -0.1) is 0 Å². The van der Waals surface area contributed by atoms with Crippen LogP contribution in [0.5, 0.6) is 0 Å². The third-order valence-electron chi connectivity index (χ3n) is 2.96. The number of anilines is 1. The zero-order chi connectivity index (χ0) is 14.9. The molecule has 4 nitrogen and oxygen atoms in total. The molecule has 8 heteroatoms. The third-order valence-corrected chi connectivity index (χ3v) is 2.96. The van der Waals surface area contributed by atoms with Gasteiger partial charge in [0.15, 0.2) is 6.10 Å². The van der Waals surface area contributed by atoms with Gasteiger partial charge in [-0.3, -0.25) is 0 Å². The first kappa shape index (κ1) is 14.6. The van der Waals surface area contributed by atoms with Crippen molar-refractivity contribution in [2.24, 2.45) is 0 Å². The Bertz CT molecular complexity index is 518. The monoisotopic (exact) mass is 293 g/mol. The van der Waals surface area contributed by atoms with Crippen LogP contribution in [0, 0.1) is 5.82 Å².